The predicted octanol–water partition coefficient (Wildman–Crippen LogP) is 5.16. The lowest BCUT2D eigenvalue weighted by Gasteiger charge is -2.19. The van der Waals surface area contributed by atoms with Crippen molar-refractivity contribution in [2.45, 2.75) is 23.9 Å². The minimum absolute atomic E-state index is 0.175. The van der Waals surface area contributed by atoms with Gasteiger partial charge in [-0.1, -0.05) is 60.7 Å². The molecule has 4 aromatic carbocycles. The Kier molecular flexibility index (Phi) is 9.30. The van der Waals surface area contributed by atoms with Crippen molar-refractivity contribution in [1.82, 2.24) is 10.0 Å². The van der Waals surface area contributed by atoms with Crippen LogP contribution < -0.4 is 20.2 Å². The highest BCUT2D eigenvalue weighted by Crippen LogP contribution is 2.32. The number of carboxylic acid groups (broad SMARTS) is 1. The van der Waals surface area contributed by atoms with Crippen LogP contribution in [-0.4, -0.2) is 30.8 Å². The maximum Gasteiger partial charge on any atom is 0.319 e. The van der Waals surface area contributed by atoms with Gasteiger partial charge in [-0.3, -0.25) is 4.79 Å². The highest BCUT2D eigenvalue weighted by molar-refractivity contribution is 7.89. The van der Waals surface area contributed by atoms with Gasteiger partial charge in [-0.15, -0.1) is 0 Å². The molecule has 4 aromatic rings. The molecule has 10 nitrogen and oxygen atoms in total. The number of halogens is 1. The number of carbonyl (C=O) groups is 2. The molecule has 0 unspecified atom stereocenters. The van der Waals surface area contributed by atoms with Gasteiger partial charge in [-0.25, -0.2) is 27.6 Å². The summed E-state index contributed by atoms with van der Waals surface area (Å²) in [4.78, 5) is 27.7. The van der Waals surface area contributed by atoms with Crippen molar-refractivity contribution in [2.75, 3.05) is 5.32 Å². The van der Waals surface area contributed by atoms with E-state index >= 15 is 0 Å². The molecule has 212 valence electrons. The molecule has 0 aliphatic heterocycles. The number of aliphatic carboxylic acids is 1. The highest BCUT2D eigenvalue weighted by Gasteiger charge is 2.27. The molecule has 0 saturated heterocycles. The second kappa shape index (κ2) is 13.0. The second-order valence-electron chi connectivity index (χ2n) is 8.95. The van der Waals surface area contributed by atoms with Crippen LogP contribution in [0.15, 0.2) is 102 Å². The first-order valence-electron chi connectivity index (χ1n) is 12.3. The van der Waals surface area contributed by atoms with Gasteiger partial charge in [-0.05, 0) is 58.7 Å². The van der Waals surface area contributed by atoms with E-state index in [4.69, 9.17) is 0 Å². The van der Waals surface area contributed by atoms with Crippen LogP contribution in [0.3, 0.4) is 0 Å². The zero-order valence-corrected chi connectivity index (χ0v) is 22.3. The van der Waals surface area contributed by atoms with Crippen LogP contribution in [0.5, 0.6) is 5.75 Å². The summed E-state index contributed by atoms with van der Waals surface area (Å²) in [6, 6.07) is 23.0. The number of urea groups is 1. The van der Waals surface area contributed by atoms with Crippen LogP contribution in [0.2, 0.25) is 0 Å². The Morgan fingerprint density at radius 2 is 1.59 bits per heavy atom. The topological polar surface area (TPSA) is 154 Å². The quantitative estimate of drug-likeness (QED) is 0.121. The molecule has 0 bridgehead atoms. The first-order chi connectivity index (χ1) is 19.6. The van der Waals surface area contributed by atoms with Gasteiger partial charge < -0.3 is 20.6 Å². The number of sulfonamides is 1. The summed E-state index contributed by atoms with van der Waals surface area (Å²) >= 11 is 0. The van der Waals surface area contributed by atoms with E-state index in [9.17, 15) is 32.8 Å². The van der Waals surface area contributed by atoms with E-state index in [0.717, 1.165) is 0 Å². The summed E-state index contributed by atoms with van der Waals surface area (Å²) < 4.78 is 42.3. The van der Waals surface area contributed by atoms with Gasteiger partial charge in [0.25, 0.3) is 0 Å². The summed E-state index contributed by atoms with van der Waals surface area (Å²) in [6.45, 7) is 0.175. The Hall–Kier alpha value is -4.78. The molecule has 0 spiro atoms. The molecule has 0 fully saturated rings. The van der Waals surface area contributed by atoms with Gasteiger partial charge in [0.1, 0.15) is 10.7 Å². The number of hydrogen-bond acceptors (Lipinski definition) is 6. The van der Waals surface area contributed by atoms with E-state index in [1.165, 1.54) is 30.3 Å². The fourth-order valence-corrected chi connectivity index (χ4v) is 5.42. The van der Waals surface area contributed by atoms with E-state index in [-0.39, 0.29) is 18.1 Å². The fourth-order valence-electron chi connectivity index (χ4n) is 4.05. The minimum Gasteiger partial charge on any atom is -0.481 e. The predicted molar refractivity (Wildman–Crippen MR) is 149 cm³/mol. The van der Waals surface area contributed by atoms with Crippen molar-refractivity contribution in [1.29, 1.82) is 0 Å². The van der Waals surface area contributed by atoms with Gasteiger partial charge in [-0.2, -0.15) is 0 Å². The molecule has 0 radical (unpaired) electrons. The van der Waals surface area contributed by atoms with Crippen molar-refractivity contribution in [2.24, 2.45) is 0 Å². The Balaban J connectivity index is 1.55. The number of nitrogens with one attached hydrogen (secondary N) is 3. The molecule has 0 heterocycles. The molecule has 0 saturated carbocycles. The Labute approximate surface area is 235 Å². The Morgan fingerprint density at radius 3 is 2.27 bits per heavy atom. The lowest BCUT2D eigenvalue weighted by molar-refractivity contribution is -0.140. The minimum atomic E-state index is -4.39. The van der Waals surface area contributed by atoms with Gasteiger partial charge >= 0.3 is 12.0 Å². The van der Waals surface area contributed by atoms with Crippen molar-refractivity contribution in [3.8, 4) is 16.9 Å². The van der Waals surface area contributed by atoms with Crippen molar-refractivity contribution < 1.29 is 37.6 Å². The van der Waals surface area contributed by atoms with Crippen LogP contribution in [-0.2, 0) is 21.4 Å². The summed E-state index contributed by atoms with van der Waals surface area (Å²) in [5, 5.41) is 24.1. The summed E-state index contributed by atoms with van der Waals surface area (Å²) in [6.07, 6.45) is -0.519. The van der Waals surface area contributed by atoms with Gasteiger partial charge in [0.05, 0.1) is 12.5 Å². The van der Waals surface area contributed by atoms with E-state index in [0.29, 0.717) is 27.9 Å². The zero-order valence-electron chi connectivity index (χ0n) is 21.5. The number of hydrogen-bond donors (Lipinski definition) is 5. The largest absolute Gasteiger partial charge is 0.481 e. The molecule has 1 atom stereocenters. The van der Waals surface area contributed by atoms with Crippen molar-refractivity contribution in [3.05, 3.63) is 114 Å². The first kappa shape index (κ1) is 29.2. The maximum absolute atomic E-state index is 13.4. The molecule has 41 heavy (non-hydrogen) atoms. The highest BCUT2D eigenvalue weighted by atomic mass is 32.2. The molecule has 4 rings (SSSR count). The van der Waals surface area contributed by atoms with Gasteiger partial charge in [0, 0.05) is 12.2 Å². The first-order valence-corrected chi connectivity index (χ1v) is 13.8. The van der Waals surface area contributed by atoms with Crippen molar-refractivity contribution >= 4 is 27.7 Å². The van der Waals surface area contributed by atoms with E-state index in [1.807, 2.05) is 0 Å². The van der Waals surface area contributed by atoms with Crippen LogP contribution in [0, 0.1) is 5.82 Å². The Bertz CT molecular complexity index is 1630. The SMILES string of the molecule is O=C(O)C[C@H](NS(=O)(=O)c1cc(-c2cccc(NC(=O)NCc3ccc(F)cc3)c2)ccc1OO)c1ccccc1. The molecule has 0 aliphatic rings. The average molecular weight is 580 g/mol. The third-order valence-electron chi connectivity index (χ3n) is 6.03. The van der Waals surface area contributed by atoms with Crippen LogP contribution in [0.1, 0.15) is 23.6 Å². The van der Waals surface area contributed by atoms with Gasteiger partial charge in [0.2, 0.25) is 10.0 Å². The number of benzene rings is 4. The van der Waals surface area contributed by atoms with Gasteiger partial charge in [0.15, 0.2) is 5.75 Å². The Morgan fingerprint density at radius 1 is 0.878 bits per heavy atom. The van der Waals surface area contributed by atoms with Crippen LogP contribution >= 0.6 is 0 Å². The third kappa shape index (κ3) is 7.88. The summed E-state index contributed by atoms with van der Waals surface area (Å²) in [7, 11) is -4.39. The monoisotopic (exact) mass is 579 g/mol. The smallest absolute Gasteiger partial charge is 0.319 e. The maximum atomic E-state index is 13.4. The number of amides is 2. The molecule has 12 heteroatoms. The standard InChI is InChI=1S/C29H26FN3O7S/c30-23-12-9-19(10-13-23)18-31-29(36)32-24-8-4-7-21(15-24)22-11-14-26(40-37)27(16-22)41(38,39)33-25(17-28(34)35)20-5-2-1-3-6-20/h1-16,25,33,37H,17-18H2,(H,34,35)(H2,31,32,36)/t25-/m0/s1. The fraction of sp³-hybridized carbons (Fsp3) is 0.103. The average Bonchev–Trinajstić information content (AvgIpc) is 2.96. The van der Waals surface area contributed by atoms with Crippen LogP contribution in [0.25, 0.3) is 11.1 Å². The number of rotatable bonds is 11. The lowest BCUT2D eigenvalue weighted by Crippen LogP contribution is -2.30. The normalized spacial score (nSPS) is 11.9. The third-order valence-corrected chi connectivity index (χ3v) is 7.52. The molecular weight excluding hydrogens is 553 g/mol. The number of carbonyl (C=O) groups excluding carboxylic acids is 1. The molecule has 5 N–H and O–H groups in total. The van der Waals surface area contributed by atoms with Crippen molar-refractivity contribution in [3.63, 3.8) is 0 Å². The molecule has 2 amide bonds. The lowest BCUT2D eigenvalue weighted by atomic mass is 10.0. The second-order valence-corrected chi connectivity index (χ2v) is 10.6. The molecular formula is C29H26FN3O7S. The summed E-state index contributed by atoms with van der Waals surface area (Å²) in [5.74, 6) is -1.95. The molecule has 0 aromatic heterocycles. The van der Waals surface area contributed by atoms with E-state index < -0.39 is 39.4 Å². The summed E-state index contributed by atoms with van der Waals surface area (Å²) in [5.41, 5.74) is 2.51. The van der Waals surface area contributed by atoms with E-state index in [1.54, 1.807) is 66.7 Å². The number of carboxylic acids is 1. The van der Waals surface area contributed by atoms with Crippen LogP contribution in [0.4, 0.5) is 14.9 Å². The number of anilines is 1. The van der Waals surface area contributed by atoms with E-state index in [2.05, 4.69) is 20.2 Å². The zero-order chi connectivity index (χ0) is 29.4. The molecule has 0 aliphatic carbocycles.